The van der Waals surface area contributed by atoms with E-state index in [4.69, 9.17) is 0 Å². The highest BCUT2D eigenvalue weighted by Crippen LogP contribution is 2.29. The molecular formula is C13H27NO. The molecule has 0 amide bonds. The van der Waals surface area contributed by atoms with E-state index in [2.05, 4.69) is 39.5 Å². The normalized spacial score (nSPS) is 30.8. The molecule has 3 unspecified atom stereocenters. The molecule has 1 fully saturated rings. The van der Waals surface area contributed by atoms with Gasteiger partial charge in [0.05, 0.1) is 6.10 Å². The van der Waals surface area contributed by atoms with Crippen molar-refractivity contribution < 1.29 is 5.11 Å². The zero-order valence-electron chi connectivity index (χ0n) is 11.0. The number of nitrogens with zero attached hydrogens (tertiary/aromatic N) is 1. The third kappa shape index (κ3) is 3.18. The van der Waals surface area contributed by atoms with Crippen molar-refractivity contribution in [2.75, 3.05) is 6.54 Å². The molecule has 2 nitrogen and oxygen atoms in total. The molecule has 0 aliphatic carbocycles. The van der Waals surface area contributed by atoms with Crippen LogP contribution in [0, 0.1) is 5.41 Å². The molecule has 1 aliphatic heterocycles. The molecule has 0 saturated carbocycles. The predicted molar refractivity (Wildman–Crippen MR) is 64.9 cm³/mol. The number of hydrogen-bond acceptors (Lipinski definition) is 2. The van der Waals surface area contributed by atoms with Crippen molar-refractivity contribution in [1.82, 2.24) is 4.90 Å². The lowest BCUT2D eigenvalue weighted by Crippen LogP contribution is -2.44. The summed E-state index contributed by atoms with van der Waals surface area (Å²) in [6, 6.07) is 1.34. The maximum atomic E-state index is 10.1. The Morgan fingerprint density at radius 3 is 2.40 bits per heavy atom. The summed E-state index contributed by atoms with van der Waals surface area (Å²) in [4.78, 5) is 2.50. The van der Waals surface area contributed by atoms with Gasteiger partial charge in [-0.3, -0.25) is 4.90 Å². The Labute approximate surface area is 94.7 Å². The van der Waals surface area contributed by atoms with Crippen molar-refractivity contribution >= 4 is 0 Å². The molecule has 1 saturated heterocycles. The van der Waals surface area contributed by atoms with Gasteiger partial charge in [0.1, 0.15) is 0 Å². The van der Waals surface area contributed by atoms with Gasteiger partial charge in [-0.15, -0.1) is 0 Å². The lowest BCUT2D eigenvalue weighted by Gasteiger charge is -2.34. The summed E-state index contributed by atoms with van der Waals surface area (Å²) in [5.41, 5.74) is 0.000597. The molecule has 1 aliphatic rings. The van der Waals surface area contributed by atoms with Gasteiger partial charge in [-0.25, -0.2) is 0 Å². The smallest absolute Gasteiger partial charge is 0.0715 e. The van der Waals surface area contributed by atoms with Crippen molar-refractivity contribution in [3.63, 3.8) is 0 Å². The molecule has 0 spiro atoms. The molecule has 0 aromatic heterocycles. The van der Waals surface area contributed by atoms with E-state index in [1.165, 1.54) is 19.3 Å². The molecule has 1 rings (SSSR count). The monoisotopic (exact) mass is 213 g/mol. The Balaban J connectivity index is 2.56. The zero-order chi connectivity index (χ0) is 11.6. The zero-order valence-corrected chi connectivity index (χ0v) is 11.0. The van der Waals surface area contributed by atoms with Gasteiger partial charge < -0.3 is 5.11 Å². The van der Waals surface area contributed by atoms with Crippen LogP contribution in [0.3, 0.4) is 0 Å². The minimum absolute atomic E-state index is 0.000597. The Kier molecular flexibility index (Phi) is 4.19. The molecule has 1 heterocycles. The van der Waals surface area contributed by atoms with Gasteiger partial charge in [-0.2, -0.15) is 0 Å². The quantitative estimate of drug-likeness (QED) is 0.779. The maximum absolute atomic E-state index is 10.1. The van der Waals surface area contributed by atoms with Crippen LogP contribution in [0.4, 0.5) is 0 Å². The SMILES string of the molecule is CCC1CCC(C)N1CC(O)C(C)(C)C. The second-order valence-electron chi connectivity index (χ2n) is 6.07. The van der Waals surface area contributed by atoms with E-state index in [0.29, 0.717) is 12.1 Å². The van der Waals surface area contributed by atoms with Gasteiger partial charge in [0.15, 0.2) is 0 Å². The topological polar surface area (TPSA) is 23.5 Å². The summed E-state index contributed by atoms with van der Waals surface area (Å²) in [7, 11) is 0. The Morgan fingerprint density at radius 1 is 1.33 bits per heavy atom. The van der Waals surface area contributed by atoms with E-state index < -0.39 is 0 Å². The number of β-amino-alcohol motifs (C(OH)–C–C–N with tert-alkyl or cyclic N) is 1. The molecule has 0 aromatic rings. The highest BCUT2D eigenvalue weighted by atomic mass is 16.3. The summed E-state index contributed by atoms with van der Waals surface area (Å²) in [5, 5.41) is 10.1. The second kappa shape index (κ2) is 4.84. The van der Waals surface area contributed by atoms with Crippen molar-refractivity contribution in [1.29, 1.82) is 0 Å². The molecule has 0 aromatic carbocycles. The molecule has 0 bridgehead atoms. The average Bonchev–Trinajstić information content (AvgIpc) is 2.46. The van der Waals surface area contributed by atoms with Crippen molar-refractivity contribution in [3.8, 4) is 0 Å². The number of aliphatic hydroxyl groups is 1. The van der Waals surface area contributed by atoms with Crippen LogP contribution in [0.5, 0.6) is 0 Å². The van der Waals surface area contributed by atoms with E-state index in [1.807, 2.05) is 0 Å². The lowest BCUT2D eigenvalue weighted by atomic mass is 9.88. The van der Waals surface area contributed by atoms with E-state index >= 15 is 0 Å². The Bertz CT molecular complexity index is 197. The first-order chi connectivity index (χ1) is 6.86. The van der Waals surface area contributed by atoms with Crippen LogP contribution < -0.4 is 0 Å². The standard InChI is InChI=1S/C13H27NO/c1-6-11-8-7-10(2)14(11)9-12(15)13(3,4)5/h10-12,15H,6-9H2,1-5H3. The summed E-state index contributed by atoms with van der Waals surface area (Å²) >= 11 is 0. The summed E-state index contributed by atoms with van der Waals surface area (Å²) in [5.74, 6) is 0. The van der Waals surface area contributed by atoms with Gasteiger partial charge in [0.2, 0.25) is 0 Å². The number of likely N-dealkylation sites (tertiary alicyclic amines) is 1. The van der Waals surface area contributed by atoms with Crippen LogP contribution in [-0.2, 0) is 0 Å². The van der Waals surface area contributed by atoms with Crippen molar-refractivity contribution in [3.05, 3.63) is 0 Å². The number of hydrogen-bond donors (Lipinski definition) is 1. The summed E-state index contributed by atoms with van der Waals surface area (Å²) in [6.07, 6.45) is 3.58. The molecule has 0 radical (unpaired) electrons. The fraction of sp³-hybridized carbons (Fsp3) is 1.00. The van der Waals surface area contributed by atoms with Gasteiger partial charge in [0, 0.05) is 18.6 Å². The highest BCUT2D eigenvalue weighted by molar-refractivity contribution is 4.87. The third-order valence-corrected chi connectivity index (χ3v) is 3.81. The van der Waals surface area contributed by atoms with Crippen LogP contribution in [0.1, 0.15) is 53.9 Å². The van der Waals surface area contributed by atoms with E-state index in [-0.39, 0.29) is 11.5 Å². The van der Waals surface area contributed by atoms with Gasteiger partial charge in [-0.05, 0) is 31.6 Å². The number of rotatable bonds is 3. The first-order valence-electron chi connectivity index (χ1n) is 6.30. The third-order valence-electron chi connectivity index (χ3n) is 3.81. The van der Waals surface area contributed by atoms with Gasteiger partial charge in [-0.1, -0.05) is 27.7 Å². The van der Waals surface area contributed by atoms with Crippen LogP contribution >= 0.6 is 0 Å². The van der Waals surface area contributed by atoms with Crippen LogP contribution in [-0.4, -0.2) is 34.7 Å². The maximum Gasteiger partial charge on any atom is 0.0715 e. The molecule has 90 valence electrons. The summed E-state index contributed by atoms with van der Waals surface area (Å²) in [6.45, 7) is 11.7. The molecular weight excluding hydrogens is 186 g/mol. The summed E-state index contributed by atoms with van der Waals surface area (Å²) < 4.78 is 0. The average molecular weight is 213 g/mol. The van der Waals surface area contributed by atoms with Crippen LogP contribution in [0.25, 0.3) is 0 Å². The van der Waals surface area contributed by atoms with E-state index in [9.17, 15) is 5.11 Å². The molecule has 1 N–H and O–H groups in total. The predicted octanol–water partition coefficient (Wildman–Crippen LogP) is 2.66. The lowest BCUT2D eigenvalue weighted by molar-refractivity contribution is 0.0149. The fourth-order valence-corrected chi connectivity index (χ4v) is 2.37. The molecule has 3 atom stereocenters. The Hall–Kier alpha value is -0.0800. The van der Waals surface area contributed by atoms with Crippen LogP contribution in [0.15, 0.2) is 0 Å². The first-order valence-corrected chi connectivity index (χ1v) is 6.30. The van der Waals surface area contributed by atoms with Gasteiger partial charge >= 0.3 is 0 Å². The first kappa shape index (κ1) is 13.0. The molecule has 15 heavy (non-hydrogen) atoms. The second-order valence-corrected chi connectivity index (χ2v) is 6.07. The minimum Gasteiger partial charge on any atom is -0.391 e. The highest BCUT2D eigenvalue weighted by Gasteiger charge is 2.33. The van der Waals surface area contributed by atoms with Crippen molar-refractivity contribution in [2.24, 2.45) is 5.41 Å². The van der Waals surface area contributed by atoms with E-state index in [1.54, 1.807) is 0 Å². The largest absolute Gasteiger partial charge is 0.391 e. The van der Waals surface area contributed by atoms with Gasteiger partial charge in [0.25, 0.3) is 0 Å². The number of aliphatic hydroxyl groups excluding tert-OH is 1. The molecule has 2 heteroatoms. The minimum atomic E-state index is -0.216. The Morgan fingerprint density at radius 2 is 1.93 bits per heavy atom. The van der Waals surface area contributed by atoms with Crippen LogP contribution in [0.2, 0.25) is 0 Å². The fourth-order valence-electron chi connectivity index (χ4n) is 2.37. The van der Waals surface area contributed by atoms with E-state index in [0.717, 1.165) is 6.54 Å². The van der Waals surface area contributed by atoms with Crippen molar-refractivity contribution in [2.45, 2.75) is 72.1 Å².